The van der Waals surface area contributed by atoms with E-state index >= 15 is 0 Å². The molecule has 0 aliphatic carbocycles. The van der Waals surface area contributed by atoms with E-state index in [9.17, 15) is 14.4 Å². The van der Waals surface area contributed by atoms with Crippen LogP contribution >= 0.6 is 11.3 Å². The van der Waals surface area contributed by atoms with Crippen molar-refractivity contribution in [1.29, 1.82) is 0 Å². The van der Waals surface area contributed by atoms with E-state index in [-0.39, 0.29) is 24.3 Å². The Labute approximate surface area is 129 Å². The highest BCUT2D eigenvalue weighted by Crippen LogP contribution is 2.16. The Balaban J connectivity index is 2.06. The summed E-state index contributed by atoms with van der Waals surface area (Å²) in [5.74, 6) is -0.363. The van der Waals surface area contributed by atoms with Gasteiger partial charge >= 0.3 is 0 Å². The highest BCUT2D eigenvalue weighted by Gasteiger charge is 2.13. The van der Waals surface area contributed by atoms with Crippen molar-refractivity contribution in [2.45, 2.75) is 26.7 Å². The molecule has 116 valence electrons. The van der Waals surface area contributed by atoms with Crippen molar-refractivity contribution in [1.82, 2.24) is 15.0 Å². The van der Waals surface area contributed by atoms with Gasteiger partial charge in [0.25, 0.3) is 5.56 Å². The molecule has 2 aromatic rings. The number of amides is 2. The molecule has 0 unspecified atom stereocenters. The molecule has 22 heavy (non-hydrogen) atoms. The van der Waals surface area contributed by atoms with Crippen LogP contribution in [-0.4, -0.2) is 26.8 Å². The van der Waals surface area contributed by atoms with Gasteiger partial charge in [0.2, 0.25) is 11.8 Å². The van der Waals surface area contributed by atoms with Gasteiger partial charge < -0.3 is 16.0 Å². The van der Waals surface area contributed by atoms with Crippen LogP contribution in [0.2, 0.25) is 0 Å². The van der Waals surface area contributed by atoms with Gasteiger partial charge in [0.15, 0.2) is 5.13 Å². The Morgan fingerprint density at radius 3 is 2.68 bits per heavy atom. The lowest BCUT2D eigenvalue weighted by Crippen LogP contribution is -2.24. The molecule has 2 heterocycles. The summed E-state index contributed by atoms with van der Waals surface area (Å²) in [5.41, 5.74) is 6.08. The number of anilines is 1. The summed E-state index contributed by atoms with van der Waals surface area (Å²) < 4.78 is 0. The average Bonchev–Trinajstić information content (AvgIpc) is 2.80. The van der Waals surface area contributed by atoms with Crippen LogP contribution in [-0.2, 0) is 22.4 Å². The van der Waals surface area contributed by atoms with Gasteiger partial charge in [-0.2, -0.15) is 0 Å². The third kappa shape index (κ3) is 3.98. The number of nitrogens with zero attached hydrogens (tertiary/aromatic N) is 2. The lowest BCUT2D eigenvalue weighted by atomic mass is 10.1. The maximum absolute atomic E-state index is 12.0. The molecular weight excluding hydrogens is 306 g/mol. The molecule has 2 rings (SSSR count). The molecule has 4 N–H and O–H groups in total. The normalized spacial score (nSPS) is 10.5. The molecule has 0 aliphatic rings. The van der Waals surface area contributed by atoms with E-state index in [2.05, 4.69) is 20.3 Å². The van der Waals surface area contributed by atoms with Gasteiger partial charge in [0.05, 0.1) is 18.5 Å². The molecular formula is C13H15N5O3S. The third-order valence-corrected chi connectivity index (χ3v) is 3.64. The van der Waals surface area contributed by atoms with Crippen LogP contribution in [0, 0.1) is 13.8 Å². The molecule has 2 amide bonds. The summed E-state index contributed by atoms with van der Waals surface area (Å²) in [6.07, 6.45) is -0.0772. The van der Waals surface area contributed by atoms with Crippen molar-refractivity contribution in [3.8, 4) is 0 Å². The summed E-state index contributed by atoms with van der Waals surface area (Å²) in [4.78, 5) is 45.4. The largest absolute Gasteiger partial charge is 0.369 e. The number of H-pyrrole nitrogens is 1. The van der Waals surface area contributed by atoms with Gasteiger partial charge in [-0.1, -0.05) is 0 Å². The number of carbonyl (C=O) groups is 2. The predicted molar refractivity (Wildman–Crippen MR) is 81.7 cm³/mol. The van der Waals surface area contributed by atoms with Crippen LogP contribution in [0.15, 0.2) is 10.2 Å². The zero-order valence-electron chi connectivity index (χ0n) is 12.1. The number of aromatic amines is 1. The second-order valence-electron chi connectivity index (χ2n) is 4.73. The van der Waals surface area contributed by atoms with Crippen LogP contribution in [0.3, 0.4) is 0 Å². The van der Waals surface area contributed by atoms with E-state index in [0.29, 0.717) is 27.9 Å². The molecule has 0 spiro atoms. The van der Waals surface area contributed by atoms with E-state index in [1.165, 1.54) is 11.3 Å². The molecule has 0 aromatic carbocycles. The summed E-state index contributed by atoms with van der Waals surface area (Å²) in [5, 5.41) is 4.59. The minimum absolute atomic E-state index is 0.0209. The monoisotopic (exact) mass is 321 g/mol. The summed E-state index contributed by atoms with van der Waals surface area (Å²) >= 11 is 1.19. The Bertz CT molecular complexity index is 780. The molecule has 0 saturated heterocycles. The van der Waals surface area contributed by atoms with Crippen LogP contribution in [0.4, 0.5) is 5.13 Å². The molecule has 0 radical (unpaired) electrons. The molecule has 0 fully saturated rings. The number of aryl methyl sites for hydroxylation is 2. The topological polar surface area (TPSA) is 131 Å². The molecule has 0 aliphatic heterocycles. The molecule has 0 atom stereocenters. The number of nitrogens with one attached hydrogen (secondary N) is 2. The summed E-state index contributed by atoms with van der Waals surface area (Å²) in [6.45, 7) is 3.35. The van der Waals surface area contributed by atoms with Crippen molar-refractivity contribution >= 4 is 28.3 Å². The molecule has 8 nitrogen and oxygen atoms in total. The molecule has 9 heteroatoms. The third-order valence-electron chi connectivity index (χ3n) is 2.83. The first-order chi connectivity index (χ1) is 10.3. The number of thiazole rings is 1. The maximum Gasteiger partial charge on any atom is 0.254 e. The SMILES string of the molecule is Cc1nc(C)c(CC(=O)Nc2nc(CC(N)=O)cs2)c(=O)[nH]1. The van der Waals surface area contributed by atoms with Gasteiger partial charge in [-0.05, 0) is 13.8 Å². The van der Waals surface area contributed by atoms with Crippen LogP contribution in [0.1, 0.15) is 22.8 Å². The van der Waals surface area contributed by atoms with Gasteiger partial charge in [-0.3, -0.25) is 14.4 Å². The first-order valence-electron chi connectivity index (χ1n) is 6.44. The van der Waals surface area contributed by atoms with Gasteiger partial charge in [-0.25, -0.2) is 9.97 Å². The quantitative estimate of drug-likeness (QED) is 0.716. The van der Waals surface area contributed by atoms with Crippen LogP contribution in [0.25, 0.3) is 0 Å². The molecule has 2 aromatic heterocycles. The van der Waals surface area contributed by atoms with Crippen LogP contribution < -0.4 is 16.6 Å². The highest BCUT2D eigenvalue weighted by atomic mass is 32.1. The van der Waals surface area contributed by atoms with Crippen molar-refractivity contribution in [2.24, 2.45) is 5.73 Å². The first kappa shape index (κ1) is 15.8. The number of rotatable bonds is 5. The Morgan fingerprint density at radius 2 is 2.05 bits per heavy atom. The first-order valence-corrected chi connectivity index (χ1v) is 7.32. The minimum Gasteiger partial charge on any atom is -0.369 e. The Morgan fingerprint density at radius 1 is 1.32 bits per heavy atom. The highest BCUT2D eigenvalue weighted by molar-refractivity contribution is 7.13. The predicted octanol–water partition coefficient (Wildman–Crippen LogP) is 0.0522. The van der Waals surface area contributed by atoms with Crippen LogP contribution in [0.5, 0.6) is 0 Å². The fourth-order valence-corrected chi connectivity index (χ4v) is 2.63. The van der Waals surface area contributed by atoms with Crippen molar-refractivity contribution in [2.75, 3.05) is 5.32 Å². The molecule has 0 bridgehead atoms. The average molecular weight is 321 g/mol. The van der Waals surface area contributed by atoms with Crippen molar-refractivity contribution in [3.05, 3.63) is 38.5 Å². The number of hydrogen-bond acceptors (Lipinski definition) is 6. The number of aromatic nitrogens is 3. The van der Waals surface area contributed by atoms with E-state index in [4.69, 9.17) is 5.73 Å². The molecule has 0 saturated carbocycles. The Kier molecular flexibility index (Phi) is 4.66. The van der Waals surface area contributed by atoms with Crippen molar-refractivity contribution < 1.29 is 9.59 Å². The van der Waals surface area contributed by atoms with Gasteiger partial charge in [-0.15, -0.1) is 11.3 Å². The standard InChI is InChI=1S/C13H15N5O3S/c1-6-9(12(21)16-7(2)15-6)4-11(20)18-13-17-8(5-22-13)3-10(14)19/h5H,3-4H2,1-2H3,(H2,14,19)(H,15,16,21)(H,17,18,20). The number of primary amides is 1. The second kappa shape index (κ2) is 6.48. The zero-order valence-corrected chi connectivity index (χ0v) is 12.9. The minimum atomic E-state index is -0.490. The number of hydrogen-bond donors (Lipinski definition) is 3. The number of nitrogens with two attached hydrogens (primary N) is 1. The zero-order chi connectivity index (χ0) is 16.3. The van der Waals surface area contributed by atoms with Gasteiger partial charge in [0, 0.05) is 16.6 Å². The van der Waals surface area contributed by atoms with E-state index < -0.39 is 5.91 Å². The maximum atomic E-state index is 12.0. The van der Waals surface area contributed by atoms with Crippen molar-refractivity contribution in [3.63, 3.8) is 0 Å². The van der Waals surface area contributed by atoms with Gasteiger partial charge in [0.1, 0.15) is 5.82 Å². The fourth-order valence-electron chi connectivity index (χ4n) is 1.91. The second-order valence-corrected chi connectivity index (χ2v) is 5.59. The summed E-state index contributed by atoms with van der Waals surface area (Å²) in [6, 6.07) is 0. The van der Waals surface area contributed by atoms with E-state index in [1.54, 1.807) is 19.2 Å². The summed E-state index contributed by atoms with van der Waals surface area (Å²) in [7, 11) is 0. The van der Waals surface area contributed by atoms with E-state index in [1.807, 2.05) is 0 Å². The van der Waals surface area contributed by atoms with E-state index in [0.717, 1.165) is 0 Å². The smallest absolute Gasteiger partial charge is 0.254 e. The lowest BCUT2D eigenvalue weighted by Gasteiger charge is -2.05. The Hall–Kier alpha value is -2.55. The number of carbonyl (C=O) groups excluding carboxylic acids is 2. The fraction of sp³-hybridized carbons (Fsp3) is 0.308. The lowest BCUT2D eigenvalue weighted by molar-refractivity contribution is -0.117.